The summed E-state index contributed by atoms with van der Waals surface area (Å²) in [6.07, 6.45) is 5.66. The van der Waals surface area contributed by atoms with Crippen LogP contribution in [0.4, 0.5) is 0 Å². The van der Waals surface area contributed by atoms with Crippen LogP contribution in [0.2, 0.25) is 0 Å². The number of rotatable bonds is 3. The first kappa shape index (κ1) is 27.8. The van der Waals surface area contributed by atoms with E-state index in [0.29, 0.717) is 0 Å². The van der Waals surface area contributed by atoms with Crippen molar-refractivity contribution < 1.29 is 26.2 Å². The summed E-state index contributed by atoms with van der Waals surface area (Å²) in [7, 11) is 8.91. The van der Waals surface area contributed by atoms with Crippen molar-refractivity contribution in [3.63, 3.8) is 0 Å². The maximum Gasteiger partial charge on any atom is 4.00 e. The molecule has 0 radical (unpaired) electrons. The van der Waals surface area contributed by atoms with Crippen LogP contribution in [0, 0.1) is 13.3 Å². The van der Waals surface area contributed by atoms with Gasteiger partial charge in [-0.05, 0) is 18.8 Å². The topological polar surface area (TPSA) is 42.3 Å². The summed E-state index contributed by atoms with van der Waals surface area (Å²) in [6, 6.07) is 0. The largest absolute Gasteiger partial charge is 4.00 e. The second-order valence-corrected chi connectivity index (χ2v) is 5.53. The second kappa shape index (κ2) is 23.6. The van der Waals surface area contributed by atoms with Crippen LogP contribution in [0.1, 0.15) is 25.7 Å². The zero-order valence-corrected chi connectivity index (χ0v) is 17.5. The molecule has 5 heteroatoms. The van der Waals surface area contributed by atoms with E-state index in [4.69, 9.17) is 0 Å². The quantitative estimate of drug-likeness (QED) is 0.344. The van der Waals surface area contributed by atoms with Gasteiger partial charge in [-0.25, -0.2) is 0 Å². The summed E-state index contributed by atoms with van der Waals surface area (Å²) in [6.45, 7) is 1.07. The fourth-order valence-corrected chi connectivity index (χ4v) is 2.77. The molecule has 0 heterocycles. The summed E-state index contributed by atoms with van der Waals surface area (Å²) in [5.41, 5.74) is 0. The van der Waals surface area contributed by atoms with E-state index < -0.39 is 0 Å². The van der Waals surface area contributed by atoms with Gasteiger partial charge >= 0.3 is 26.2 Å². The fraction of sp³-hybridized carbons (Fsp3) is 0.923. The maximum atomic E-state index is 4.13. The van der Waals surface area contributed by atoms with Crippen molar-refractivity contribution in [1.29, 1.82) is 0 Å². The van der Waals surface area contributed by atoms with Crippen LogP contribution < -0.4 is 0 Å². The smallest absolute Gasteiger partial charge is 0.668 e. The van der Waals surface area contributed by atoms with E-state index in [0.717, 1.165) is 16.4 Å². The first-order chi connectivity index (χ1) is 7.67. The maximum absolute atomic E-state index is 4.13. The number of alkyl halides is 1. The normalized spacial score (nSPS) is 20.3. The van der Waals surface area contributed by atoms with Gasteiger partial charge in [-0.1, -0.05) is 35.4 Å². The molecule has 0 aromatic heterocycles. The molecule has 1 saturated carbocycles. The first-order valence-electron chi connectivity index (χ1n) is 5.83. The van der Waals surface area contributed by atoms with Crippen LogP contribution in [0.5, 0.6) is 0 Å². The van der Waals surface area contributed by atoms with Gasteiger partial charge in [0.15, 0.2) is 0 Å². The van der Waals surface area contributed by atoms with Crippen LogP contribution in [0.3, 0.4) is 0 Å². The minimum absolute atomic E-state index is 0. The molecule has 1 aliphatic rings. The third-order valence-corrected chi connectivity index (χ3v) is 3.93. The Morgan fingerprint density at radius 2 is 1.44 bits per heavy atom. The van der Waals surface area contributed by atoms with Crippen molar-refractivity contribution >= 4 is 22.6 Å². The Labute approximate surface area is 148 Å². The van der Waals surface area contributed by atoms with Crippen LogP contribution in [-0.4, -0.2) is 45.7 Å². The van der Waals surface area contributed by atoms with Gasteiger partial charge in [-0.2, -0.15) is 35.2 Å². The molecular formula is C13H30IN3Zr. The Hall–Kier alpha value is 1.49. The molecule has 2 atom stereocenters. The summed E-state index contributed by atoms with van der Waals surface area (Å²) in [5, 5.41) is 11.1. The van der Waals surface area contributed by atoms with Gasteiger partial charge in [0.2, 0.25) is 0 Å². The minimum atomic E-state index is 0. The third-order valence-electron chi connectivity index (χ3n) is 2.29. The average Bonchev–Trinajstić information content (AvgIpc) is 2.63. The predicted molar refractivity (Wildman–Crippen MR) is 90.7 cm³/mol. The minimum Gasteiger partial charge on any atom is -0.668 e. The van der Waals surface area contributed by atoms with Gasteiger partial charge in [-0.15, -0.1) is 6.54 Å². The molecule has 1 fully saturated rings. The molecule has 0 aliphatic heterocycles. The van der Waals surface area contributed by atoms with E-state index in [2.05, 4.69) is 38.5 Å². The van der Waals surface area contributed by atoms with Gasteiger partial charge < -0.3 is 23.4 Å². The van der Waals surface area contributed by atoms with Gasteiger partial charge in [0, 0.05) is 3.92 Å². The summed E-state index contributed by atoms with van der Waals surface area (Å²) in [5.74, 6) is 0.976. The standard InChI is InChI=1S/C8H15IN.2C2H6N.CH3.Zr/c1-10-6-5-7-3-2-4-8(7)9;2*1-3-2;;/h7-8H,2-6H2,1H3;2*1-2H3;1H3;/q4*-1;+4. The summed E-state index contributed by atoms with van der Waals surface area (Å²) in [4.78, 5) is 0. The Kier molecular flexibility index (Phi) is 36.4. The van der Waals surface area contributed by atoms with Crippen molar-refractivity contribution in [2.24, 2.45) is 5.92 Å². The number of halogens is 1. The molecule has 0 amide bonds. The zero-order valence-electron chi connectivity index (χ0n) is 12.9. The molecule has 1 aliphatic carbocycles. The van der Waals surface area contributed by atoms with Gasteiger partial charge in [0.05, 0.1) is 0 Å². The molecule has 0 N–H and O–H groups in total. The summed E-state index contributed by atoms with van der Waals surface area (Å²) < 4.78 is 0.944. The van der Waals surface area contributed by atoms with E-state index in [-0.39, 0.29) is 33.6 Å². The van der Waals surface area contributed by atoms with Gasteiger partial charge in [0.25, 0.3) is 0 Å². The fourth-order valence-electron chi connectivity index (χ4n) is 1.61. The predicted octanol–water partition coefficient (Wildman–Crippen LogP) is 4.67. The summed E-state index contributed by atoms with van der Waals surface area (Å²) >= 11 is 2.59. The van der Waals surface area contributed by atoms with Gasteiger partial charge in [-0.3, -0.25) is 0 Å². The Bertz CT molecular complexity index is 127. The monoisotopic (exact) mass is 445 g/mol. The second-order valence-electron chi connectivity index (χ2n) is 3.93. The molecule has 108 valence electrons. The van der Waals surface area contributed by atoms with E-state index >= 15 is 0 Å². The number of hydrogen-bond donors (Lipinski definition) is 0. The van der Waals surface area contributed by atoms with E-state index in [1.807, 2.05) is 7.05 Å². The van der Waals surface area contributed by atoms with Crippen LogP contribution in [-0.2, 0) is 26.2 Å². The molecule has 2 unspecified atom stereocenters. The molecule has 1 rings (SSSR count). The molecule has 3 nitrogen and oxygen atoms in total. The van der Waals surface area contributed by atoms with Crippen LogP contribution in [0.15, 0.2) is 0 Å². The van der Waals surface area contributed by atoms with Crippen molar-refractivity contribution in [2.75, 3.05) is 41.8 Å². The first-order valence-corrected chi connectivity index (χ1v) is 7.07. The van der Waals surface area contributed by atoms with Crippen LogP contribution >= 0.6 is 22.6 Å². The molecule has 0 aromatic carbocycles. The van der Waals surface area contributed by atoms with Crippen molar-refractivity contribution in [2.45, 2.75) is 29.6 Å². The molecule has 0 bridgehead atoms. The van der Waals surface area contributed by atoms with E-state index in [1.54, 1.807) is 28.2 Å². The van der Waals surface area contributed by atoms with Gasteiger partial charge in [0.1, 0.15) is 0 Å². The Morgan fingerprint density at radius 3 is 1.72 bits per heavy atom. The molecule has 18 heavy (non-hydrogen) atoms. The molecule has 0 aromatic rings. The van der Waals surface area contributed by atoms with Crippen molar-refractivity contribution in [1.82, 2.24) is 0 Å². The third kappa shape index (κ3) is 19.8. The van der Waals surface area contributed by atoms with E-state index in [1.165, 1.54) is 25.7 Å². The Balaban J connectivity index is -0.000000106. The van der Waals surface area contributed by atoms with Crippen LogP contribution in [0.25, 0.3) is 16.0 Å². The number of hydrogen-bond acceptors (Lipinski definition) is 0. The average molecular weight is 447 g/mol. The van der Waals surface area contributed by atoms with E-state index in [9.17, 15) is 0 Å². The molecular weight excluding hydrogens is 416 g/mol. The molecule has 0 saturated heterocycles. The van der Waals surface area contributed by atoms with Crippen molar-refractivity contribution in [3.8, 4) is 0 Å². The van der Waals surface area contributed by atoms with Crippen molar-refractivity contribution in [3.05, 3.63) is 23.4 Å². The zero-order chi connectivity index (χ0) is 12.8. The SMILES string of the molecule is C[N-]C.C[N-]C.C[N-]CCC1CCCC1I.[CH3-].[Zr+4]. The Morgan fingerprint density at radius 1 is 1.00 bits per heavy atom. The number of nitrogens with zero attached hydrogens (tertiary/aromatic N) is 3. The molecule has 0 spiro atoms.